The van der Waals surface area contributed by atoms with Crippen LogP contribution in [-0.4, -0.2) is 16.5 Å². The van der Waals surface area contributed by atoms with E-state index < -0.39 is 0 Å². The molecule has 1 amide bonds. The first-order valence-electron chi connectivity index (χ1n) is 7.49. The molecule has 2 rings (SSSR count). The van der Waals surface area contributed by atoms with Gasteiger partial charge >= 0.3 is 0 Å². The number of carbonyl (C=O) groups excluding carboxylic acids is 1. The first kappa shape index (κ1) is 17.4. The number of rotatable bonds is 6. The predicted octanol–water partition coefficient (Wildman–Crippen LogP) is 3.79. The molecule has 0 radical (unpaired) electrons. The second-order valence-electron chi connectivity index (χ2n) is 6.14. The predicted molar refractivity (Wildman–Crippen MR) is 94.0 cm³/mol. The van der Waals surface area contributed by atoms with Gasteiger partial charge in [0.25, 0.3) is 0 Å². The van der Waals surface area contributed by atoms with Crippen molar-refractivity contribution >= 4 is 23.3 Å². The van der Waals surface area contributed by atoms with Crippen molar-refractivity contribution in [3.63, 3.8) is 0 Å². The fourth-order valence-electron chi connectivity index (χ4n) is 1.84. The zero-order valence-electron chi connectivity index (χ0n) is 13.7. The second-order valence-corrected chi connectivity index (χ2v) is 7.07. The van der Waals surface area contributed by atoms with E-state index >= 15 is 0 Å². The van der Waals surface area contributed by atoms with Crippen LogP contribution >= 0.6 is 11.3 Å². The summed E-state index contributed by atoms with van der Waals surface area (Å²) in [5.74, 6) is -0.128. The van der Waals surface area contributed by atoms with Crippen LogP contribution in [0.1, 0.15) is 36.9 Å². The molecular formula is C18H22N2O2S. The third kappa shape index (κ3) is 6.76. The van der Waals surface area contributed by atoms with Gasteiger partial charge in [0, 0.05) is 24.2 Å². The van der Waals surface area contributed by atoms with Gasteiger partial charge in [0.1, 0.15) is 5.01 Å². The maximum atomic E-state index is 11.8. The van der Waals surface area contributed by atoms with Crippen molar-refractivity contribution in [1.29, 1.82) is 0 Å². The summed E-state index contributed by atoms with van der Waals surface area (Å²) in [6.07, 6.45) is 4.94. The molecule has 2 aromatic rings. The van der Waals surface area contributed by atoms with Crippen LogP contribution in [0, 0.1) is 0 Å². The maximum absolute atomic E-state index is 11.8. The van der Waals surface area contributed by atoms with Crippen LogP contribution in [-0.2, 0) is 22.7 Å². The molecule has 1 heterocycles. The zero-order chi connectivity index (χ0) is 16.7. The largest absolute Gasteiger partial charge is 0.371 e. The lowest BCUT2D eigenvalue weighted by molar-refractivity contribution is -0.116. The molecule has 0 atom stereocenters. The molecule has 0 unspecified atom stereocenters. The molecule has 0 bridgehead atoms. The average molecular weight is 330 g/mol. The number of hydrogen-bond acceptors (Lipinski definition) is 4. The van der Waals surface area contributed by atoms with Gasteiger partial charge in [-0.1, -0.05) is 24.3 Å². The van der Waals surface area contributed by atoms with Crippen molar-refractivity contribution in [2.75, 3.05) is 0 Å². The van der Waals surface area contributed by atoms with Crippen LogP contribution in [0.25, 0.3) is 6.08 Å². The van der Waals surface area contributed by atoms with E-state index in [0.717, 1.165) is 16.1 Å². The fraction of sp³-hybridized carbons (Fsp3) is 0.333. The Morgan fingerprint density at radius 1 is 1.35 bits per heavy atom. The molecule has 122 valence electrons. The van der Waals surface area contributed by atoms with E-state index in [1.54, 1.807) is 12.3 Å². The Balaban J connectivity index is 1.84. The molecule has 1 aromatic heterocycles. The molecule has 0 saturated carbocycles. The summed E-state index contributed by atoms with van der Waals surface area (Å²) >= 11 is 1.50. The topological polar surface area (TPSA) is 51.2 Å². The van der Waals surface area contributed by atoms with Gasteiger partial charge in [-0.15, -0.1) is 11.3 Å². The standard InChI is InChI=1S/C18H22N2O2S/c1-18(2,3)22-13-15-6-4-5-14(11-15)12-20-16(21)7-8-17-19-9-10-23-17/h4-11H,12-13H2,1-3H3,(H,20,21). The molecule has 0 aliphatic rings. The Labute approximate surface area is 141 Å². The molecule has 1 N–H and O–H groups in total. The lowest BCUT2D eigenvalue weighted by Gasteiger charge is -2.19. The lowest BCUT2D eigenvalue weighted by atomic mass is 10.1. The molecule has 4 nitrogen and oxygen atoms in total. The van der Waals surface area contributed by atoms with Crippen molar-refractivity contribution in [1.82, 2.24) is 10.3 Å². The number of thiazole rings is 1. The van der Waals surface area contributed by atoms with Gasteiger partial charge in [-0.05, 0) is 38.0 Å². The SMILES string of the molecule is CC(C)(C)OCc1cccc(CNC(=O)C=Cc2nccs2)c1. The van der Waals surface area contributed by atoms with Crippen LogP contribution in [0.15, 0.2) is 41.9 Å². The molecule has 0 aliphatic heterocycles. The monoisotopic (exact) mass is 330 g/mol. The van der Waals surface area contributed by atoms with Crippen LogP contribution in [0.2, 0.25) is 0 Å². The zero-order valence-corrected chi connectivity index (χ0v) is 14.5. The smallest absolute Gasteiger partial charge is 0.244 e. The number of nitrogens with one attached hydrogen (secondary N) is 1. The summed E-state index contributed by atoms with van der Waals surface area (Å²) in [7, 11) is 0. The Morgan fingerprint density at radius 3 is 2.83 bits per heavy atom. The Kier molecular flexibility index (Phi) is 6.07. The number of ether oxygens (including phenoxy) is 1. The first-order chi connectivity index (χ1) is 10.9. The third-order valence-corrected chi connectivity index (χ3v) is 3.70. The number of aromatic nitrogens is 1. The van der Waals surface area contributed by atoms with Gasteiger partial charge in [-0.2, -0.15) is 0 Å². The number of nitrogens with zero attached hydrogens (tertiary/aromatic N) is 1. The average Bonchev–Trinajstić information content (AvgIpc) is 3.02. The minimum atomic E-state index is -0.162. The van der Waals surface area contributed by atoms with E-state index in [0.29, 0.717) is 13.2 Å². The maximum Gasteiger partial charge on any atom is 0.244 e. The summed E-state index contributed by atoms with van der Waals surface area (Å²) in [5, 5.41) is 5.57. The summed E-state index contributed by atoms with van der Waals surface area (Å²) < 4.78 is 5.77. The molecular weight excluding hydrogens is 308 g/mol. The number of benzene rings is 1. The highest BCUT2D eigenvalue weighted by Crippen LogP contribution is 2.13. The van der Waals surface area contributed by atoms with Gasteiger partial charge in [0.05, 0.1) is 12.2 Å². The van der Waals surface area contributed by atoms with Crippen molar-refractivity contribution in [3.05, 3.63) is 58.1 Å². The Bertz CT molecular complexity index is 658. The molecule has 0 saturated heterocycles. The van der Waals surface area contributed by atoms with E-state index in [9.17, 15) is 4.79 Å². The molecule has 0 fully saturated rings. The summed E-state index contributed by atoms with van der Waals surface area (Å²) in [4.78, 5) is 15.9. The second kappa shape index (κ2) is 8.04. The quantitative estimate of drug-likeness (QED) is 0.820. The molecule has 5 heteroatoms. The summed E-state index contributed by atoms with van der Waals surface area (Å²) in [5.41, 5.74) is 1.99. The lowest BCUT2D eigenvalue weighted by Crippen LogP contribution is -2.20. The van der Waals surface area contributed by atoms with Gasteiger partial charge < -0.3 is 10.1 Å². The first-order valence-corrected chi connectivity index (χ1v) is 8.37. The minimum absolute atomic E-state index is 0.128. The normalized spacial score (nSPS) is 11.8. The highest BCUT2D eigenvalue weighted by molar-refractivity contribution is 7.10. The minimum Gasteiger partial charge on any atom is -0.371 e. The number of hydrogen-bond donors (Lipinski definition) is 1. The van der Waals surface area contributed by atoms with E-state index in [2.05, 4.69) is 16.4 Å². The number of carbonyl (C=O) groups is 1. The van der Waals surface area contributed by atoms with Crippen molar-refractivity contribution in [2.24, 2.45) is 0 Å². The van der Waals surface area contributed by atoms with Gasteiger partial charge in [0.2, 0.25) is 5.91 Å². The highest BCUT2D eigenvalue weighted by atomic mass is 32.1. The molecule has 0 spiro atoms. The number of amides is 1. The fourth-order valence-corrected chi connectivity index (χ4v) is 2.37. The molecule has 1 aromatic carbocycles. The van der Waals surface area contributed by atoms with E-state index in [4.69, 9.17) is 4.74 Å². The summed E-state index contributed by atoms with van der Waals surface area (Å²) in [6, 6.07) is 8.05. The van der Waals surface area contributed by atoms with Crippen LogP contribution < -0.4 is 5.32 Å². The Hall–Kier alpha value is -1.98. The van der Waals surface area contributed by atoms with Gasteiger partial charge in [-0.3, -0.25) is 4.79 Å². The third-order valence-electron chi connectivity index (χ3n) is 2.96. The molecule has 23 heavy (non-hydrogen) atoms. The van der Waals surface area contributed by atoms with Gasteiger partial charge in [0.15, 0.2) is 0 Å². The summed E-state index contributed by atoms with van der Waals surface area (Å²) in [6.45, 7) is 7.16. The van der Waals surface area contributed by atoms with Gasteiger partial charge in [-0.25, -0.2) is 4.98 Å². The van der Waals surface area contributed by atoms with Crippen molar-refractivity contribution < 1.29 is 9.53 Å². The van der Waals surface area contributed by atoms with Crippen molar-refractivity contribution in [2.45, 2.75) is 39.5 Å². The highest BCUT2D eigenvalue weighted by Gasteiger charge is 2.10. The van der Waals surface area contributed by atoms with Crippen molar-refractivity contribution in [3.8, 4) is 0 Å². The molecule has 0 aliphatic carbocycles. The van der Waals surface area contributed by atoms with Crippen LogP contribution in [0.5, 0.6) is 0 Å². The van der Waals surface area contributed by atoms with E-state index in [1.807, 2.05) is 44.4 Å². The van der Waals surface area contributed by atoms with Crippen LogP contribution in [0.4, 0.5) is 0 Å². The Morgan fingerprint density at radius 2 is 2.13 bits per heavy atom. The van der Waals surface area contributed by atoms with Crippen LogP contribution in [0.3, 0.4) is 0 Å². The van der Waals surface area contributed by atoms with E-state index in [-0.39, 0.29) is 11.5 Å². The van der Waals surface area contributed by atoms with E-state index in [1.165, 1.54) is 17.4 Å².